The van der Waals surface area contributed by atoms with Gasteiger partial charge in [-0.1, -0.05) is 6.07 Å². The van der Waals surface area contributed by atoms with E-state index in [1.165, 1.54) is 5.69 Å². The monoisotopic (exact) mass is 316 g/mol. The number of thiocarbonyl (C=S) groups is 1. The van der Waals surface area contributed by atoms with Crippen molar-refractivity contribution in [1.82, 2.24) is 19.8 Å². The Balaban J connectivity index is 2.03. The van der Waals surface area contributed by atoms with Gasteiger partial charge in [-0.25, -0.2) is 0 Å². The first-order valence-corrected chi connectivity index (χ1v) is 7.91. The van der Waals surface area contributed by atoms with Crippen LogP contribution in [0.15, 0.2) is 42.7 Å². The van der Waals surface area contributed by atoms with Crippen molar-refractivity contribution in [2.45, 2.75) is 25.6 Å². The Hall–Kier alpha value is -1.92. The number of nitrogens with zero attached hydrogens (tertiary/aromatic N) is 3. The smallest absolute Gasteiger partial charge is 0.170 e. The second-order valence-corrected chi connectivity index (χ2v) is 5.65. The van der Waals surface area contributed by atoms with E-state index in [1.54, 1.807) is 6.20 Å². The Morgan fingerprint density at radius 2 is 2.18 bits per heavy atom. The van der Waals surface area contributed by atoms with E-state index >= 15 is 0 Å². The number of aliphatic hydroxyl groups excluding tert-OH is 1. The number of hydrogen-bond donors (Lipinski definition) is 2. The molecule has 3 heterocycles. The molecule has 0 spiro atoms. The zero-order valence-electron chi connectivity index (χ0n) is 12.5. The topological polar surface area (TPSA) is 53.3 Å². The molecule has 1 fully saturated rings. The molecule has 0 aliphatic carbocycles. The van der Waals surface area contributed by atoms with Crippen molar-refractivity contribution in [2.24, 2.45) is 0 Å². The van der Waals surface area contributed by atoms with Gasteiger partial charge in [-0.2, -0.15) is 0 Å². The number of pyridine rings is 1. The summed E-state index contributed by atoms with van der Waals surface area (Å²) >= 11 is 5.48. The summed E-state index contributed by atoms with van der Waals surface area (Å²) in [5.74, 6) is 0. The van der Waals surface area contributed by atoms with E-state index in [1.807, 2.05) is 24.3 Å². The molecule has 2 aromatic heterocycles. The van der Waals surface area contributed by atoms with E-state index in [2.05, 4.69) is 39.0 Å². The summed E-state index contributed by atoms with van der Waals surface area (Å²) in [6.45, 7) is 3.60. The van der Waals surface area contributed by atoms with E-state index in [9.17, 15) is 5.11 Å². The van der Waals surface area contributed by atoms with Gasteiger partial charge in [0, 0.05) is 31.2 Å². The maximum Gasteiger partial charge on any atom is 0.170 e. The molecule has 3 rings (SSSR count). The minimum Gasteiger partial charge on any atom is -0.395 e. The standard InChI is InChI=1S/C16H20N4OS/c1-2-19-9-5-7-13(19)15-14(12-6-3-4-8-17-12)18-16(22)20(15)10-11-21/h3-9,14-15,21H,2,10-11H2,1H3,(H,18,22)/t14-,15+/m0/s1. The molecular weight excluding hydrogens is 296 g/mol. The van der Waals surface area contributed by atoms with Crippen LogP contribution in [0.2, 0.25) is 0 Å². The molecule has 2 atom stereocenters. The van der Waals surface area contributed by atoms with Crippen LogP contribution in [0.25, 0.3) is 0 Å². The van der Waals surface area contributed by atoms with Crippen LogP contribution in [-0.4, -0.2) is 37.8 Å². The van der Waals surface area contributed by atoms with Crippen molar-refractivity contribution in [1.29, 1.82) is 0 Å². The maximum absolute atomic E-state index is 9.39. The number of β-amino-alcohol motifs (C(OH)–C–C–N with tert-alkyl or cyclic N) is 1. The number of nitrogens with one attached hydrogen (secondary N) is 1. The minimum absolute atomic E-state index is 0.0135. The van der Waals surface area contributed by atoms with Crippen LogP contribution in [0.5, 0.6) is 0 Å². The molecule has 2 aromatic rings. The molecule has 22 heavy (non-hydrogen) atoms. The summed E-state index contributed by atoms with van der Waals surface area (Å²) in [6, 6.07) is 10.1. The van der Waals surface area contributed by atoms with Crippen LogP contribution in [0.1, 0.15) is 30.4 Å². The Kier molecular flexibility index (Phi) is 4.40. The summed E-state index contributed by atoms with van der Waals surface area (Å²) in [4.78, 5) is 6.54. The molecule has 0 aromatic carbocycles. The first-order chi connectivity index (χ1) is 10.8. The van der Waals surface area contributed by atoms with E-state index in [0.29, 0.717) is 11.7 Å². The Morgan fingerprint density at radius 1 is 1.32 bits per heavy atom. The molecule has 6 heteroatoms. The first kappa shape index (κ1) is 15.0. The minimum atomic E-state index is -0.0135. The van der Waals surface area contributed by atoms with E-state index < -0.39 is 0 Å². The summed E-state index contributed by atoms with van der Waals surface area (Å²) in [5, 5.41) is 13.4. The van der Waals surface area contributed by atoms with Gasteiger partial charge < -0.3 is 19.9 Å². The second-order valence-electron chi connectivity index (χ2n) is 5.26. The lowest BCUT2D eigenvalue weighted by Gasteiger charge is -2.28. The molecule has 0 saturated carbocycles. The highest BCUT2D eigenvalue weighted by atomic mass is 32.1. The van der Waals surface area contributed by atoms with Crippen LogP contribution in [0, 0.1) is 0 Å². The highest BCUT2D eigenvalue weighted by Gasteiger charge is 2.40. The van der Waals surface area contributed by atoms with Gasteiger partial charge in [-0.15, -0.1) is 0 Å². The SMILES string of the molecule is CCn1cccc1[C@@H]1[C@H](c2ccccn2)NC(=S)N1CCO. The molecular formula is C16H20N4OS. The lowest BCUT2D eigenvalue weighted by atomic mass is 10.0. The van der Waals surface area contributed by atoms with Gasteiger partial charge in [-0.3, -0.25) is 4.98 Å². The predicted octanol–water partition coefficient (Wildman–Crippen LogP) is 1.87. The number of aromatic nitrogens is 2. The molecule has 0 radical (unpaired) electrons. The molecule has 116 valence electrons. The predicted molar refractivity (Wildman–Crippen MR) is 89.4 cm³/mol. The van der Waals surface area contributed by atoms with Gasteiger partial charge in [0.05, 0.1) is 24.4 Å². The van der Waals surface area contributed by atoms with Crippen molar-refractivity contribution in [3.63, 3.8) is 0 Å². The largest absolute Gasteiger partial charge is 0.395 e. The van der Waals surface area contributed by atoms with Crippen LogP contribution in [-0.2, 0) is 6.54 Å². The van der Waals surface area contributed by atoms with Crippen LogP contribution < -0.4 is 5.32 Å². The van der Waals surface area contributed by atoms with E-state index in [0.717, 1.165) is 12.2 Å². The van der Waals surface area contributed by atoms with E-state index in [-0.39, 0.29) is 18.7 Å². The van der Waals surface area contributed by atoms with Gasteiger partial charge in [0.2, 0.25) is 0 Å². The van der Waals surface area contributed by atoms with Crippen molar-refractivity contribution >= 4 is 17.3 Å². The Labute approximate surface area is 135 Å². The second kappa shape index (κ2) is 6.46. The fourth-order valence-electron chi connectivity index (χ4n) is 3.06. The van der Waals surface area contributed by atoms with Crippen molar-refractivity contribution in [3.8, 4) is 0 Å². The molecule has 5 nitrogen and oxygen atoms in total. The highest BCUT2D eigenvalue weighted by molar-refractivity contribution is 7.80. The maximum atomic E-state index is 9.39. The molecule has 0 amide bonds. The van der Waals surface area contributed by atoms with Gasteiger partial charge in [0.1, 0.15) is 0 Å². The third-order valence-corrected chi connectivity index (χ3v) is 4.40. The molecule has 0 unspecified atom stereocenters. The molecule has 1 aliphatic rings. The van der Waals surface area contributed by atoms with Crippen molar-refractivity contribution in [2.75, 3.05) is 13.2 Å². The average molecular weight is 316 g/mol. The number of aryl methyl sites for hydroxylation is 1. The summed E-state index contributed by atoms with van der Waals surface area (Å²) in [5.41, 5.74) is 2.14. The van der Waals surface area contributed by atoms with Gasteiger partial charge >= 0.3 is 0 Å². The zero-order chi connectivity index (χ0) is 15.5. The van der Waals surface area contributed by atoms with Crippen molar-refractivity contribution < 1.29 is 5.11 Å². The van der Waals surface area contributed by atoms with Gasteiger partial charge in [-0.05, 0) is 43.4 Å². The van der Waals surface area contributed by atoms with Crippen molar-refractivity contribution in [3.05, 3.63) is 54.1 Å². The first-order valence-electron chi connectivity index (χ1n) is 7.50. The lowest BCUT2D eigenvalue weighted by Crippen LogP contribution is -2.33. The third-order valence-electron chi connectivity index (χ3n) is 4.05. The summed E-state index contributed by atoms with van der Waals surface area (Å²) in [6.07, 6.45) is 3.87. The molecule has 0 bridgehead atoms. The quantitative estimate of drug-likeness (QED) is 0.825. The van der Waals surface area contributed by atoms with Gasteiger partial charge in [0.15, 0.2) is 5.11 Å². The molecule has 2 N–H and O–H groups in total. The normalized spacial score (nSPS) is 21.2. The molecule has 1 aliphatic heterocycles. The fourth-order valence-corrected chi connectivity index (χ4v) is 3.39. The summed E-state index contributed by atoms with van der Waals surface area (Å²) in [7, 11) is 0. The Bertz CT molecular complexity index is 643. The van der Waals surface area contributed by atoms with Crippen LogP contribution in [0.3, 0.4) is 0 Å². The fraction of sp³-hybridized carbons (Fsp3) is 0.375. The molecule has 1 saturated heterocycles. The highest BCUT2D eigenvalue weighted by Crippen LogP contribution is 2.38. The number of rotatable bonds is 5. The van der Waals surface area contributed by atoms with Crippen LogP contribution in [0.4, 0.5) is 0 Å². The van der Waals surface area contributed by atoms with Gasteiger partial charge in [0.25, 0.3) is 0 Å². The lowest BCUT2D eigenvalue weighted by molar-refractivity contribution is 0.219. The average Bonchev–Trinajstić information content (AvgIpc) is 3.13. The number of aliphatic hydroxyl groups is 1. The third kappa shape index (κ3) is 2.60. The van der Waals surface area contributed by atoms with Crippen LogP contribution >= 0.6 is 12.2 Å². The van der Waals surface area contributed by atoms with E-state index in [4.69, 9.17) is 12.2 Å². The summed E-state index contributed by atoms with van der Waals surface area (Å²) < 4.78 is 2.21. The number of hydrogen-bond acceptors (Lipinski definition) is 3. The Morgan fingerprint density at radius 3 is 2.86 bits per heavy atom. The zero-order valence-corrected chi connectivity index (χ0v) is 13.3.